The molecule has 0 radical (unpaired) electrons. The fourth-order valence-electron chi connectivity index (χ4n) is 3.62. The quantitative estimate of drug-likeness (QED) is 0.305. The van der Waals surface area contributed by atoms with Crippen LogP contribution in [0.15, 0.2) is 84.9 Å². The van der Waals surface area contributed by atoms with Crippen LogP contribution < -0.4 is 5.73 Å². The van der Waals surface area contributed by atoms with Crippen LogP contribution >= 0.6 is 12.4 Å². The molecule has 1 atom stereocenters. The molecule has 3 aromatic rings. The Morgan fingerprint density at radius 1 is 0.697 bits per heavy atom. The van der Waals surface area contributed by atoms with Crippen molar-refractivity contribution in [3.05, 3.63) is 107 Å². The van der Waals surface area contributed by atoms with Crippen LogP contribution in [0.2, 0.25) is 0 Å². The van der Waals surface area contributed by atoms with E-state index in [2.05, 4.69) is 36.4 Å². The summed E-state index contributed by atoms with van der Waals surface area (Å²) in [5.74, 6) is -0.686. The van der Waals surface area contributed by atoms with E-state index in [0.29, 0.717) is 6.42 Å². The third-order valence-electron chi connectivity index (χ3n) is 5.42. The van der Waals surface area contributed by atoms with Crippen LogP contribution in [0.4, 0.5) is 0 Å². The third kappa shape index (κ3) is 9.60. The molecule has 4 nitrogen and oxygen atoms in total. The van der Waals surface area contributed by atoms with Crippen molar-refractivity contribution in [2.75, 3.05) is 6.61 Å². The van der Waals surface area contributed by atoms with Crippen molar-refractivity contribution in [3.63, 3.8) is 0 Å². The Balaban J connectivity index is 0.00000385. The van der Waals surface area contributed by atoms with Gasteiger partial charge in [-0.15, -0.1) is 12.4 Å². The maximum Gasteiger partial charge on any atom is 0.323 e. The number of carbonyl (C=O) groups excluding carboxylic acids is 2. The van der Waals surface area contributed by atoms with E-state index in [1.165, 1.54) is 11.1 Å². The first-order valence-electron chi connectivity index (χ1n) is 11.2. The van der Waals surface area contributed by atoms with E-state index in [-0.39, 0.29) is 31.2 Å². The van der Waals surface area contributed by atoms with E-state index in [4.69, 9.17) is 10.5 Å². The number of ketones is 1. The van der Waals surface area contributed by atoms with E-state index in [0.717, 1.165) is 36.8 Å². The Morgan fingerprint density at radius 2 is 1.18 bits per heavy atom. The number of rotatable bonds is 12. The first-order chi connectivity index (χ1) is 15.6. The van der Waals surface area contributed by atoms with Crippen LogP contribution in [-0.4, -0.2) is 24.4 Å². The van der Waals surface area contributed by atoms with Crippen LogP contribution in [0.1, 0.15) is 35.1 Å². The molecule has 0 amide bonds. The van der Waals surface area contributed by atoms with Crippen LogP contribution in [-0.2, 0) is 40.0 Å². The van der Waals surface area contributed by atoms with Gasteiger partial charge in [0.25, 0.3) is 0 Å². The Hall–Kier alpha value is -2.95. The summed E-state index contributed by atoms with van der Waals surface area (Å²) in [6, 6.07) is 27.4. The summed E-state index contributed by atoms with van der Waals surface area (Å²) >= 11 is 0. The van der Waals surface area contributed by atoms with Crippen molar-refractivity contribution in [3.8, 4) is 0 Å². The molecular formula is C28H32ClNO3. The molecule has 2 N–H and O–H groups in total. The van der Waals surface area contributed by atoms with Gasteiger partial charge in [0.05, 0.1) is 0 Å². The lowest BCUT2D eigenvalue weighted by Crippen LogP contribution is -2.35. The molecule has 0 heterocycles. The molecule has 5 heteroatoms. The lowest BCUT2D eigenvalue weighted by atomic mass is 10.0. The molecule has 0 saturated heterocycles. The van der Waals surface area contributed by atoms with Crippen molar-refractivity contribution < 1.29 is 14.3 Å². The fourth-order valence-corrected chi connectivity index (χ4v) is 3.62. The molecule has 0 bridgehead atoms. The van der Waals surface area contributed by atoms with Crippen molar-refractivity contribution in [2.45, 2.75) is 44.6 Å². The minimum atomic E-state index is -0.772. The average Bonchev–Trinajstić information content (AvgIpc) is 2.82. The highest BCUT2D eigenvalue weighted by atomic mass is 35.5. The van der Waals surface area contributed by atoms with E-state index in [1.807, 2.05) is 48.5 Å². The van der Waals surface area contributed by atoms with E-state index < -0.39 is 12.0 Å². The molecule has 0 saturated carbocycles. The highest BCUT2D eigenvalue weighted by molar-refractivity contribution is 5.85. The summed E-state index contributed by atoms with van der Waals surface area (Å²) in [4.78, 5) is 24.3. The van der Waals surface area contributed by atoms with Gasteiger partial charge in [-0.1, -0.05) is 84.9 Å². The maximum absolute atomic E-state index is 12.2. The molecule has 0 aliphatic heterocycles. The minimum absolute atomic E-state index is 0. The molecule has 174 valence electrons. The molecule has 0 aliphatic carbocycles. The molecule has 0 unspecified atom stereocenters. The lowest BCUT2D eigenvalue weighted by molar-refractivity contribution is -0.149. The largest absolute Gasteiger partial charge is 0.457 e. The number of hydrogen-bond acceptors (Lipinski definition) is 4. The summed E-state index contributed by atoms with van der Waals surface area (Å²) in [6.07, 6.45) is 5.05. The highest BCUT2D eigenvalue weighted by Crippen LogP contribution is 2.11. The second-order valence-corrected chi connectivity index (χ2v) is 8.13. The van der Waals surface area contributed by atoms with Crippen molar-refractivity contribution in [1.29, 1.82) is 0 Å². The monoisotopic (exact) mass is 465 g/mol. The number of esters is 1. The van der Waals surface area contributed by atoms with Gasteiger partial charge >= 0.3 is 5.97 Å². The normalized spacial score (nSPS) is 11.3. The molecular weight excluding hydrogens is 434 g/mol. The zero-order valence-corrected chi connectivity index (χ0v) is 19.6. The Bertz CT molecular complexity index is 975. The Kier molecular flexibility index (Phi) is 11.4. The molecule has 0 aliphatic rings. The summed E-state index contributed by atoms with van der Waals surface area (Å²) < 4.78 is 5.12. The smallest absolute Gasteiger partial charge is 0.323 e. The number of benzene rings is 3. The first-order valence-corrected chi connectivity index (χ1v) is 11.2. The summed E-state index contributed by atoms with van der Waals surface area (Å²) in [7, 11) is 0. The minimum Gasteiger partial charge on any atom is -0.457 e. The second-order valence-electron chi connectivity index (χ2n) is 8.13. The third-order valence-corrected chi connectivity index (χ3v) is 5.42. The number of ether oxygens (including phenoxy) is 1. The number of unbranched alkanes of at least 4 members (excludes halogenated alkanes) is 1. The highest BCUT2D eigenvalue weighted by Gasteiger charge is 2.17. The number of nitrogens with two attached hydrogens (primary N) is 1. The summed E-state index contributed by atoms with van der Waals surface area (Å²) in [5.41, 5.74) is 10.4. The molecule has 0 aromatic heterocycles. The topological polar surface area (TPSA) is 69.4 Å². The molecule has 3 aromatic carbocycles. The molecule has 3 rings (SSSR count). The average molecular weight is 466 g/mol. The molecule has 0 spiro atoms. The maximum atomic E-state index is 12.2. The van der Waals surface area contributed by atoms with Gasteiger partial charge in [-0.25, -0.2) is 0 Å². The Labute approximate surface area is 202 Å². The zero-order chi connectivity index (χ0) is 22.6. The van der Waals surface area contributed by atoms with Crippen LogP contribution in [0.25, 0.3) is 0 Å². The van der Waals surface area contributed by atoms with Gasteiger partial charge in [0.2, 0.25) is 0 Å². The number of aryl methyl sites for hydroxylation is 2. The van der Waals surface area contributed by atoms with Gasteiger partial charge in [0.1, 0.15) is 12.6 Å². The second kappa shape index (κ2) is 14.2. The Morgan fingerprint density at radius 3 is 1.76 bits per heavy atom. The zero-order valence-electron chi connectivity index (χ0n) is 18.8. The predicted molar refractivity (Wildman–Crippen MR) is 135 cm³/mol. The van der Waals surface area contributed by atoms with Crippen LogP contribution in [0, 0.1) is 0 Å². The van der Waals surface area contributed by atoms with E-state index in [9.17, 15) is 9.59 Å². The van der Waals surface area contributed by atoms with Crippen molar-refractivity contribution in [2.24, 2.45) is 5.73 Å². The lowest BCUT2D eigenvalue weighted by Gasteiger charge is -2.11. The molecule has 33 heavy (non-hydrogen) atoms. The van der Waals surface area contributed by atoms with Crippen LogP contribution in [0.5, 0.6) is 0 Å². The van der Waals surface area contributed by atoms with Gasteiger partial charge in [-0.2, -0.15) is 0 Å². The number of halogens is 1. The van der Waals surface area contributed by atoms with E-state index >= 15 is 0 Å². The van der Waals surface area contributed by atoms with Gasteiger partial charge in [0.15, 0.2) is 5.78 Å². The predicted octanol–water partition coefficient (Wildman–Crippen LogP) is 4.90. The van der Waals surface area contributed by atoms with Gasteiger partial charge in [-0.05, 0) is 54.4 Å². The first kappa shape index (κ1) is 26.3. The van der Waals surface area contributed by atoms with Crippen molar-refractivity contribution in [1.82, 2.24) is 0 Å². The van der Waals surface area contributed by atoms with Crippen molar-refractivity contribution >= 4 is 24.2 Å². The number of Topliss-reactive ketones (excluding diaryl/α,β-unsaturated/α-hetero) is 1. The molecule has 0 fully saturated rings. The van der Waals surface area contributed by atoms with Crippen LogP contribution in [0.3, 0.4) is 0 Å². The number of carbonyl (C=O) groups is 2. The van der Waals surface area contributed by atoms with E-state index in [1.54, 1.807) is 0 Å². The van der Waals surface area contributed by atoms with Gasteiger partial charge < -0.3 is 10.5 Å². The fraction of sp³-hybridized carbons (Fsp3) is 0.286. The summed E-state index contributed by atoms with van der Waals surface area (Å²) in [5, 5.41) is 0. The van der Waals surface area contributed by atoms with Gasteiger partial charge in [-0.3, -0.25) is 9.59 Å². The SMILES string of the molecule is Cl.N[C@@H](Cc1ccccc1)C(=O)OCC(=O)Cc1ccc(CCCCc2ccccc2)cc1. The van der Waals surface area contributed by atoms with Gasteiger partial charge in [0, 0.05) is 6.42 Å². The summed E-state index contributed by atoms with van der Waals surface area (Å²) in [6.45, 7) is -0.247. The standard InChI is InChI=1S/C28H31NO3.ClH/c29-27(20-24-13-5-2-6-14-24)28(31)32-21-26(30)19-25-17-15-23(16-18-25)12-8-7-11-22-9-3-1-4-10-22;/h1-6,9-10,13-18,27H,7-8,11-12,19-21,29H2;1H/t27-;/m0./s1. The number of hydrogen-bond donors (Lipinski definition) is 1.